The molecular weight excluding hydrogens is 242 g/mol. The number of benzene rings is 1. The molecule has 0 unspecified atom stereocenters. The minimum Gasteiger partial charge on any atom is -0.449 e. The van der Waals surface area contributed by atoms with Crippen LogP contribution in [0.1, 0.15) is 41.3 Å². The van der Waals surface area contributed by atoms with Gasteiger partial charge in [0.15, 0.2) is 6.10 Å². The summed E-state index contributed by atoms with van der Waals surface area (Å²) < 4.78 is 5.20. The molecule has 1 aromatic rings. The number of amides is 1. The molecule has 0 spiro atoms. The first-order valence-electron chi connectivity index (χ1n) is 6.56. The van der Waals surface area contributed by atoms with Crippen molar-refractivity contribution in [2.75, 3.05) is 0 Å². The molecule has 1 saturated carbocycles. The number of rotatable bonds is 4. The fraction of sp³-hybridized carbons (Fsp3) is 0.467. The largest absolute Gasteiger partial charge is 0.449 e. The van der Waals surface area contributed by atoms with Crippen LogP contribution in [0.25, 0.3) is 0 Å². The van der Waals surface area contributed by atoms with Gasteiger partial charge in [-0.2, -0.15) is 0 Å². The second-order valence-electron chi connectivity index (χ2n) is 5.15. The third kappa shape index (κ3) is 3.56. The maximum atomic E-state index is 12.0. The Bertz CT molecular complexity index is 506. The number of aryl methyl sites for hydroxylation is 2. The predicted molar refractivity (Wildman–Crippen MR) is 72.0 cm³/mol. The first-order valence-corrected chi connectivity index (χ1v) is 6.56. The van der Waals surface area contributed by atoms with Gasteiger partial charge in [-0.05, 0) is 45.2 Å². The van der Waals surface area contributed by atoms with Crippen molar-refractivity contribution in [2.24, 2.45) is 0 Å². The van der Waals surface area contributed by atoms with E-state index in [0.29, 0.717) is 5.56 Å². The zero-order valence-electron chi connectivity index (χ0n) is 11.5. The predicted octanol–water partition coefficient (Wildman–Crippen LogP) is 2.13. The van der Waals surface area contributed by atoms with E-state index in [9.17, 15) is 9.59 Å². The second kappa shape index (κ2) is 5.43. The highest BCUT2D eigenvalue weighted by atomic mass is 16.5. The van der Waals surface area contributed by atoms with E-state index in [2.05, 4.69) is 5.32 Å². The zero-order chi connectivity index (χ0) is 14.0. The van der Waals surface area contributed by atoms with Crippen molar-refractivity contribution < 1.29 is 14.3 Å². The molecule has 1 amide bonds. The molecule has 0 aliphatic heterocycles. The molecule has 1 aliphatic carbocycles. The average Bonchev–Trinajstić information content (AvgIpc) is 3.12. The Labute approximate surface area is 113 Å². The van der Waals surface area contributed by atoms with E-state index in [-0.39, 0.29) is 11.9 Å². The number of hydrogen-bond acceptors (Lipinski definition) is 3. The third-order valence-electron chi connectivity index (χ3n) is 3.18. The summed E-state index contributed by atoms with van der Waals surface area (Å²) in [5, 5.41) is 2.82. The van der Waals surface area contributed by atoms with Gasteiger partial charge in [-0.15, -0.1) is 0 Å². The quantitative estimate of drug-likeness (QED) is 0.845. The number of carbonyl (C=O) groups excluding carboxylic acids is 2. The highest BCUT2D eigenvalue weighted by molar-refractivity contribution is 5.93. The molecule has 0 saturated heterocycles. The van der Waals surface area contributed by atoms with Gasteiger partial charge in [-0.3, -0.25) is 4.79 Å². The Balaban J connectivity index is 1.97. The van der Waals surface area contributed by atoms with E-state index in [1.165, 1.54) is 0 Å². The molecule has 102 valence electrons. The molecular formula is C15H19NO3. The summed E-state index contributed by atoms with van der Waals surface area (Å²) in [4.78, 5) is 23.7. The molecule has 4 heteroatoms. The van der Waals surface area contributed by atoms with Crippen LogP contribution in [0.15, 0.2) is 18.2 Å². The molecule has 1 fully saturated rings. The molecule has 2 rings (SSSR count). The maximum Gasteiger partial charge on any atom is 0.339 e. The molecule has 0 aromatic heterocycles. The molecule has 19 heavy (non-hydrogen) atoms. The minimum atomic E-state index is -0.756. The van der Waals surface area contributed by atoms with Crippen LogP contribution >= 0.6 is 0 Å². The summed E-state index contributed by atoms with van der Waals surface area (Å²) in [6.07, 6.45) is 1.28. The molecule has 1 aromatic carbocycles. The van der Waals surface area contributed by atoms with Crippen molar-refractivity contribution in [2.45, 2.75) is 45.8 Å². The highest BCUT2D eigenvalue weighted by Crippen LogP contribution is 2.19. The second-order valence-corrected chi connectivity index (χ2v) is 5.15. The number of hydrogen-bond donors (Lipinski definition) is 1. The monoisotopic (exact) mass is 261 g/mol. The van der Waals surface area contributed by atoms with Gasteiger partial charge in [0, 0.05) is 6.04 Å². The Morgan fingerprint density at radius 1 is 1.32 bits per heavy atom. The Kier molecular flexibility index (Phi) is 3.88. The van der Waals surface area contributed by atoms with Crippen LogP contribution in [-0.2, 0) is 9.53 Å². The van der Waals surface area contributed by atoms with Crippen molar-refractivity contribution >= 4 is 11.9 Å². The molecule has 0 radical (unpaired) electrons. The lowest BCUT2D eigenvalue weighted by atomic mass is 10.1. The van der Waals surface area contributed by atoms with Crippen molar-refractivity contribution in [3.05, 3.63) is 34.9 Å². The van der Waals surface area contributed by atoms with Crippen LogP contribution in [0.3, 0.4) is 0 Å². The Morgan fingerprint density at radius 3 is 2.58 bits per heavy atom. The van der Waals surface area contributed by atoms with E-state index >= 15 is 0 Å². The standard InChI is InChI=1S/C15H19NO3/c1-9-4-7-13(10(2)8-9)15(18)19-11(3)14(17)16-12-5-6-12/h4,7-8,11-12H,5-6H2,1-3H3,(H,16,17)/t11-/m1/s1. The van der Waals surface area contributed by atoms with Crippen LogP contribution in [-0.4, -0.2) is 24.0 Å². The van der Waals surface area contributed by atoms with Crippen molar-refractivity contribution in [1.82, 2.24) is 5.32 Å². The van der Waals surface area contributed by atoms with Crippen molar-refractivity contribution in [3.8, 4) is 0 Å². The summed E-state index contributed by atoms with van der Waals surface area (Å²) >= 11 is 0. The maximum absolute atomic E-state index is 12.0. The van der Waals surface area contributed by atoms with Crippen LogP contribution in [0, 0.1) is 13.8 Å². The summed E-state index contributed by atoms with van der Waals surface area (Å²) in [7, 11) is 0. The Hall–Kier alpha value is -1.84. The number of esters is 1. The van der Waals surface area contributed by atoms with E-state index in [0.717, 1.165) is 24.0 Å². The zero-order valence-corrected chi connectivity index (χ0v) is 11.5. The Morgan fingerprint density at radius 2 is 2.00 bits per heavy atom. The van der Waals surface area contributed by atoms with E-state index in [1.807, 2.05) is 26.0 Å². The van der Waals surface area contributed by atoms with Gasteiger partial charge >= 0.3 is 5.97 Å². The van der Waals surface area contributed by atoms with Gasteiger partial charge < -0.3 is 10.1 Å². The summed E-state index contributed by atoms with van der Waals surface area (Å²) in [5.41, 5.74) is 2.46. The molecule has 1 aliphatic rings. The first kappa shape index (κ1) is 13.6. The molecule has 0 heterocycles. The van der Waals surface area contributed by atoms with Crippen LogP contribution in [0.5, 0.6) is 0 Å². The highest BCUT2D eigenvalue weighted by Gasteiger charge is 2.27. The van der Waals surface area contributed by atoms with E-state index < -0.39 is 12.1 Å². The summed E-state index contributed by atoms with van der Waals surface area (Å²) in [5.74, 6) is -0.670. The molecule has 1 atom stereocenters. The van der Waals surface area contributed by atoms with Crippen molar-refractivity contribution in [1.29, 1.82) is 0 Å². The van der Waals surface area contributed by atoms with Gasteiger partial charge in [0.1, 0.15) is 0 Å². The smallest absolute Gasteiger partial charge is 0.339 e. The first-order chi connectivity index (χ1) is 8.97. The van der Waals surface area contributed by atoms with Crippen molar-refractivity contribution in [3.63, 3.8) is 0 Å². The summed E-state index contributed by atoms with van der Waals surface area (Å²) in [6, 6.07) is 5.79. The van der Waals surface area contributed by atoms with Crippen LogP contribution < -0.4 is 5.32 Å². The summed E-state index contributed by atoms with van der Waals surface area (Å²) in [6.45, 7) is 5.42. The molecule has 0 bridgehead atoms. The third-order valence-corrected chi connectivity index (χ3v) is 3.18. The lowest BCUT2D eigenvalue weighted by molar-refractivity contribution is -0.129. The van der Waals surface area contributed by atoms with E-state index in [1.54, 1.807) is 13.0 Å². The average molecular weight is 261 g/mol. The van der Waals surface area contributed by atoms with E-state index in [4.69, 9.17) is 4.74 Å². The number of carbonyl (C=O) groups is 2. The lowest BCUT2D eigenvalue weighted by Crippen LogP contribution is -2.37. The molecule has 4 nitrogen and oxygen atoms in total. The van der Waals surface area contributed by atoms with Crippen LogP contribution in [0.4, 0.5) is 0 Å². The van der Waals surface area contributed by atoms with Gasteiger partial charge in [-0.25, -0.2) is 4.79 Å². The van der Waals surface area contributed by atoms with Gasteiger partial charge in [0.2, 0.25) is 0 Å². The normalized spacial score (nSPS) is 15.7. The number of ether oxygens (including phenoxy) is 1. The van der Waals surface area contributed by atoms with Gasteiger partial charge in [0.05, 0.1) is 5.56 Å². The SMILES string of the molecule is Cc1ccc(C(=O)O[C@H](C)C(=O)NC2CC2)c(C)c1. The molecule has 1 N–H and O–H groups in total. The fourth-order valence-corrected chi connectivity index (χ4v) is 1.87. The minimum absolute atomic E-state index is 0.222. The van der Waals surface area contributed by atoms with Gasteiger partial charge in [-0.1, -0.05) is 17.7 Å². The lowest BCUT2D eigenvalue weighted by Gasteiger charge is -2.14. The topological polar surface area (TPSA) is 55.4 Å². The van der Waals surface area contributed by atoms with Gasteiger partial charge in [0.25, 0.3) is 5.91 Å². The number of nitrogens with one attached hydrogen (secondary N) is 1. The van der Waals surface area contributed by atoms with Crippen LogP contribution in [0.2, 0.25) is 0 Å². The fourth-order valence-electron chi connectivity index (χ4n) is 1.87.